The molecule has 1 aromatic carbocycles. The number of halogens is 3. The van der Waals surface area contributed by atoms with Crippen LogP contribution >= 0.6 is 22.9 Å². The van der Waals surface area contributed by atoms with Gasteiger partial charge in [0.05, 0.1) is 11.8 Å². The summed E-state index contributed by atoms with van der Waals surface area (Å²) in [5.41, 5.74) is 1.25. The number of alkyl halides is 2. The van der Waals surface area contributed by atoms with Crippen molar-refractivity contribution in [1.29, 1.82) is 0 Å². The molecular weight excluding hydrogens is 470 g/mol. The van der Waals surface area contributed by atoms with E-state index in [4.69, 9.17) is 11.6 Å². The molecule has 0 spiro atoms. The molecule has 4 aromatic rings. The van der Waals surface area contributed by atoms with Gasteiger partial charge in [0.15, 0.2) is 11.6 Å². The average molecular weight is 489 g/mol. The SMILES string of the molecule is Cn1ncc(-c2nc(C(F)F)c(Cl)s2)c1C(=O)CC1CCn2nc(-c3ccccc3)nc2C1. The highest BCUT2D eigenvalue weighted by Gasteiger charge is 2.29. The molecule has 7 nitrogen and oxygen atoms in total. The summed E-state index contributed by atoms with van der Waals surface area (Å²) in [6.45, 7) is 0.686. The Morgan fingerprint density at radius 1 is 1.27 bits per heavy atom. The van der Waals surface area contributed by atoms with Crippen molar-refractivity contribution < 1.29 is 13.6 Å². The van der Waals surface area contributed by atoms with Gasteiger partial charge in [-0.15, -0.1) is 11.3 Å². The zero-order valence-electron chi connectivity index (χ0n) is 17.6. The maximum atomic E-state index is 13.2. The topological polar surface area (TPSA) is 78.5 Å². The molecule has 0 aliphatic carbocycles. The molecule has 0 fully saturated rings. The lowest BCUT2D eigenvalue weighted by Crippen LogP contribution is -2.23. The van der Waals surface area contributed by atoms with Gasteiger partial charge in [-0.1, -0.05) is 41.9 Å². The van der Waals surface area contributed by atoms with E-state index in [2.05, 4.69) is 20.2 Å². The summed E-state index contributed by atoms with van der Waals surface area (Å²) >= 11 is 6.85. The summed E-state index contributed by atoms with van der Waals surface area (Å²) in [5.74, 6) is 1.52. The Kier molecular flexibility index (Phi) is 5.79. The van der Waals surface area contributed by atoms with Gasteiger partial charge in [0, 0.05) is 32.0 Å². The minimum absolute atomic E-state index is 0.0805. The van der Waals surface area contributed by atoms with Gasteiger partial charge < -0.3 is 0 Å². The highest BCUT2D eigenvalue weighted by Crippen LogP contribution is 2.38. The van der Waals surface area contributed by atoms with E-state index in [0.717, 1.165) is 29.1 Å². The van der Waals surface area contributed by atoms with E-state index in [-0.39, 0.29) is 21.0 Å². The number of nitrogens with zero attached hydrogens (tertiary/aromatic N) is 6. The number of fused-ring (bicyclic) bond motifs is 1. The number of carbonyl (C=O) groups is 1. The molecule has 11 heteroatoms. The van der Waals surface area contributed by atoms with Crippen molar-refractivity contribution in [1.82, 2.24) is 29.5 Å². The van der Waals surface area contributed by atoms with Gasteiger partial charge in [0.2, 0.25) is 0 Å². The summed E-state index contributed by atoms with van der Waals surface area (Å²) < 4.78 is 29.5. The molecule has 4 heterocycles. The van der Waals surface area contributed by atoms with Crippen molar-refractivity contribution in [2.45, 2.75) is 32.2 Å². The number of Topliss-reactive ketones (excluding diaryl/α,β-unsaturated/α-hetero) is 1. The van der Waals surface area contributed by atoms with Crippen LogP contribution in [0.15, 0.2) is 36.5 Å². The predicted molar refractivity (Wildman–Crippen MR) is 120 cm³/mol. The van der Waals surface area contributed by atoms with Gasteiger partial charge in [-0.2, -0.15) is 10.2 Å². The van der Waals surface area contributed by atoms with Gasteiger partial charge in [-0.3, -0.25) is 9.48 Å². The van der Waals surface area contributed by atoms with Crippen LogP contribution in [-0.4, -0.2) is 35.3 Å². The monoisotopic (exact) mass is 488 g/mol. The quantitative estimate of drug-likeness (QED) is 0.347. The number of aromatic nitrogens is 6. The first kappa shape index (κ1) is 21.8. The molecule has 170 valence electrons. The Balaban J connectivity index is 1.35. The van der Waals surface area contributed by atoms with Gasteiger partial charge in [0.1, 0.15) is 26.6 Å². The van der Waals surface area contributed by atoms with E-state index < -0.39 is 12.1 Å². The van der Waals surface area contributed by atoms with E-state index in [1.54, 1.807) is 7.05 Å². The zero-order valence-corrected chi connectivity index (χ0v) is 19.2. The first-order valence-corrected chi connectivity index (χ1v) is 11.6. The minimum atomic E-state index is -2.78. The summed E-state index contributed by atoms with van der Waals surface area (Å²) in [5, 5.41) is 9.04. The number of carbonyl (C=O) groups excluding carboxylic acids is 1. The molecule has 3 aromatic heterocycles. The van der Waals surface area contributed by atoms with Crippen LogP contribution in [0.1, 0.15) is 41.3 Å². The maximum absolute atomic E-state index is 13.2. The molecule has 1 aliphatic heterocycles. The van der Waals surface area contributed by atoms with Crippen molar-refractivity contribution in [2.75, 3.05) is 0 Å². The predicted octanol–water partition coefficient (Wildman–Crippen LogP) is 5.23. The van der Waals surface area contributed by atoms with E-state index in [1.807, 2.05) is 35.0 Å². The summed E-state index contributed by atoms with van der Waals surface area (Å²) in [6.07, 6.45) is 0.417. The molecular formula is C22H19ClF2N6OS. The maximum Gasteiger partial charge on any atom is 0.282 e. The molecule has 0 bridgehead atoms. The van der Waals surface area contributed by atoms with Crippen molar-refractivity contribution in [3.05, 3.63) is 58.1 Å². The normalized spacial score (nSPS) is 15.7. The van der Waals surface area contributed by atoms with Crippen LogP contribution in [0.2, 0.25) is 4.34 Å². The fourth-order valence-electron chi connectivity index (χ4n) is 4.10. The van der Waals surface area contributed by atoms with E-state index in [9.17, 15) is 13.6 Å². The van der Waals surface area contributed by atoms with Crippen molar-refractivity contribution in [3.8, 4) is 22.0 Å². The number of hydrogen-bond acceptors (Lipinski definition) is 6. The smallest absolute Gasteiger partial charge is 0.282 e. The number of benzene rings is 1. The van der Waals surface area contributed by atoms with Gasteiger partial charge in [-0.05, 0) is 12.3 Å². The molecule has 5 rings (SSSR count). The Bertz CT molecular complexity index is 1320. The van der Waals surface area contributed by atoms with Crippen LogP contribution < -0.4 is 0 Å². The largest absolute Gasteiger partial charge is 0.292 e. The number of rotatable bonds is 6. The lowest BCUT2D eigenvalue weighted by atomic mass is 9.91. The first-order chi connectivity index (χ1) is 15.9. The third-order valence-corrected chi connectivity index (χ3v) is 7.04. The van der Waals surface area contributed by atoms with Crippen LogP contribution in [0.4, 0.5) is 8.78 Å². The average Bonchev–Trinajstić information content (AvgIpc) is 3.50. The number of hydrogen-bond donors (Lipinski definition) is 0. The molecule has 1 aliphatic rings. The fraction of sp³-hybridized carbons (Fsp3) is 0.318. The highest BCUT2D eigenvalue weighted by atomic mass is 35.5. The number of ketones is 1. The molecule has 0 N–H and O–H groups in total. The molecule has 0 saturated carbocycles. The Hall–Kier alpha value is -2.98. The Morgan fingerprint density at radius 3 is 2.79 bits per heavy atom. The Labute approximate surface area is 197 Å². The van der Waals surface area contributed by atoms with Crippen molar-refractivity contribution in [3.63, 3.8) is 0 Å². The fourth-order valence-corrected chi connectivity index (χ4v) is 5.26. The van der Waals surface area contributed by atoms with Crippen molar-refractivity contribution >= 4 is 28.7 Å². The standard InChI is InChI=1S/C22H19ClF2N6OS/c1-30-18(14(11-26-30)22-28-17(20(24)25)19(23)33-22)15(32)9-12-7-8-31-16(10-12)27-21(29-31)13-5-3-2-4-6-13/h2-6,11-12,20H,7-10H2,1H3. The molecule has 1 unspecified atom stereocenters. The summed E-state index contributed by atoms with van der Waals surface area (Å²) in [7, 11) is 1.66. The van der Waals surface area contributed by atoms with E-state index >= 15 is 0 Å². The first-order valence-electron chi connectivity index (χ1n) is 10.4. The van der Waals surface area contributed by atoms with Crippen molar-refractivity contribution in [2.24, 2.45) is 13.0 Å². The van der Waals surface area contributed by atoms with E-state index in [0.29, 0.717) is 36.5 Å². The second-order valence-electron chi connectivity index (χ2n) is 7.94. The minimum Gasteiger partial charge on any atom is -0.292 e. The zero-order chi connectivity index (χ0) is 23.1. The summed E-state index contributed by atoms with van der Waals surface area (Å²) in [6, 6.07) is 9.78. The van der Waals surface area contributed by atoms with Crippen LogP contribution in [0, 0.1) is 5.92 Å². The van der Waals surface area contributed by atoms with Crippen LogP contribution in [0.5, 0.6) is 0 Å². The van der Waals surface area contributed by atoms with Gasteiger partial charge in [-0.25, -0.2) is 23.4 Å². The number of aryl methyl sites for hydroxylation is 2. The molecule has 0 amide bonds. The second kappa shape index (κ2) is 8.75. The van der Waals surface area contributed by atoms with Gasteiger partial charge >= 0.3 is 0 Å². The molecule has 1 atom stereocenters. The van der Waals surface area contributed by atoms with Crippen LogP contribution in [0.25, 0.3) is 22.0 Å². The number of thiazole rings is 1. The molecule has 0 radical (unpaired) electrons. The Morgan fingerprint density at radius 2 is 2.06 bits per heavy atom. The third kappa shape index (κ3) is 4.20. The second-order valence-corrected chi connectivity index (χ2v) is 9.54. The molecule has 0 saturated heterocycles. The summed E-state index contributed by atoms with van der Waals surface area (Å²) in [4.78, 5) is 21.9. The lowest BCUT2D eigenvalue weighted by molar-refractivity contribution is 0.0944. The van der Waals surface area contributed by atoms with Crippen LogP contribution in [-0.2, 0) is 20.0 Å². The highest BCUT2D eigenvalue weighted by molar-refractivity contribution is 7.19. The van der Waals surface area contributed by atoms with Crippen LogP contribution in [0.3, 0.4) is 0 Å². The van der Waals surface area contributed by atoms with Gasteiger partial charge in [0.25, 0.3) is 6.43 Å². The lowest BCUT2D eigenvalue weighted by Gasteiger charge is -2.21. The molecule has 33 heavy (non-hydrogen) atoms. The third-order valence-electron chi connectivity index (χ3n) is 5.72. The van der Waals surface area contributed by atoms with E-state index in [1.165, 1.54) is 10.9 Å².